The van der Waals surface area contributed by atoms with E-state index in [0.717, 1.165) is 6.07 Å². The number of ether oxygens (including phenoxy) is 2. The van der Waals surface area contributed by atoms with Gasteiger partial charge in [0, 0.05) is 17.7 Å². The van der Waals surface area contributed by atoms with Gasteiger partial charge in [-0.2, -0.15) is 5.26 Å². The number of aryl methyl sites for hydroxylation is 1. The van der Waals surface area contributed by atoms with Crippen molar-refractivity contribution in [3.63, 3.8) is 0 Å². The second-order valence-electron chi connectivity index (χ2n) is 6.22. The molecule has 1 saturated heterocycles. The molecule has 2 heterocycles. The summed E-state index contributed by atoms with van der Waals surface area (Å²) in [5, 5.41) is 41.2. The van der Waals surface area contributed by atoms with Crippen LogP contribution < -0.4 is 0 Å². The number of nitriles is 1. The fourth-order valence-electron chi connectivity index (χ4n) is 3.15. The Morgan fingerprint density at radius 1 is 1.50 bits per heavy atom. The van der Waals surface area contributed by atoms with Crippen LogP contribution in [0.2, 0.25) is 0 Å². The van der Waals surface area contributed by atoms with Crippen molar-refractivity contribution in [2.24, 2.45) is 0 Å². The fraction of sp³-hybridized carbons (Fsp3) is 0.278. The van der Waals surface area contributed by atoms with Gasteiger partial charge in [0.15, 0.2) is 5.69 Å². The van der Waals surface area contributed by atoms with E-state index in [0.29, 0.717) is 0 Å². The SMILES string of the molecule is Cc1nc(C#N)c(C(=O)O)c(-c2cccc([N+](=O)[O-])c2)c1C1(O)OCC(C)O1. The second kappa shape index (κ2) is 6.97. The first-order chi connectivity index (χ1) is 13.2. The Bertz CT molecular complexity index is 1030. The molecule has 0 aliphatic carbocycles. The smallest absolute Gasteiger partial charge is 0.339 e. The van der Waals surface area contributed by atoms with E-state index in [2.05, 4.69) is 4.98 Å². The van der Waals surface area contributed by atoms with Gasteiger partial charge in [0.1, 0.15) is 11.6 Å². The average molecular weight is 385 g/mol. The molecule has 0 spiro atoms. The fourth-order valence-corrected chi connectivity index (χ4v) is 3.15. The van der Waals surface area contributed by atoms with Crippen LogP contribution in [0.3, 0.4) is 0 Å². The minimum absolute atomic E-state index is 0.0344. The molecule has 1 aliphatic heterocycles. The molecule has 2 aromatic rings. The Labute approximate surface area is 158 Å². The predicted molar refractivity (Wildman–Crippen MR) is 93.1 cm³/mol. The zero-order chi connectivity index (χ0) is 20.6. The van der Waals surface area contributed by atoms with Gasteiger partial charge in [-0.3, -0.25) is 10.1 Å². The van der Waals surface area contributed by atoms with E-state index in [1.807, 2.05) is 0 Å². The molecular weight excluding hydrogens is 370 g/mol. The van der Waals surface area contributed by atoms with Crippen LogP contribution in [0.5, 0.6) is 0 Å². The molecule has 10 heteroatoms. The highest BCUT2D eigenvalue weighted by atomic mass is 16.9. The van der Waals surface area contributed by atoms with Crippen molar-refractivity contribution >= 4 is 11.7 Å². The first kappa shape index (κ1) is 19.4. The molecule has 0 bridgehead atoms. The Morgan fingerprint density at radius 2 is 2.21 bits per heavy atom. The van der Waals surface area contributed by atoms with Gasteiger partial charge in [-0.15, -0.1) is 0 Å². The van der Waals surface area contributed by atoms with Crippen molar-refractivity contribution in [1.82, 2.24) is 4.98 Å². The van der Waals surface area contributed by atoms with Crippen LogP contribution in [0.1, 0.15) is 34.2 Å². The summed E-state index contributed by atoms with van der Waals surface area (Å²) in [6.07, 6.45) is -0.494. The van der Waals surface area contributed by atoms with Gasteiger partial charge in [0.2, 0.25) is 0 Å². The Morgan fingerprint density at radius 3 is 2.75 bits per heavy atom. The van der Waals surface area contributed by atoms with Gasteiger partial charge in [-0.25, -0.2) is 9.78 Å². The lowest BCUT2D eigenvalue weighted by Crippen LogP contribution is -2.31. The lowest BCUT2D eigenvalue weighted by molar-refractivity contribution is -0.384. The molecule has 1 aromatic carbocycles. The minimum Gasteiger partial charge on any atom is -0.478 e. The highest BCUT2D eigenvalue weighted by molar-refractivity contribution is 5.99. The molecule has 0 saturated carbocycles. The summed E-state index contributed by atoms with van der Waals surface area (Å²) < 4.78 is 10.8. The first-order valence-electron chi connectivity index (χ1n) is 8.15. The average Bonchev–Trinajstić information content (AvgIpc) is 2.99. The number of aromatic nitrogens is 1. The number of carbonyl (C=O) groups is 1. The quantitative estimate of drug-likeness (QED) is 0.594. The maximum Gasteiger partial charge on any atom is 0.339 e. The Hall–Kier alpha value is -3.39. The van der Waals surface area contributed by atoms with Crippen molar-refractivity contribution in [2.45, 2.75) is 25.9 Å². The van der Waals surface area contributed by atoms with Crippen molar-refractivity contribution < 1.29 is 29.4 Å². The highest BCUT2D eigenvalue weighted by Gasteiger charge is 2.45. The van der Waals surface area contributed by atoms with Gasteiger partial charge in [0.05, 0.1) is 28.9 Å². The largest absolute Gasteiger partial charge is 0.478 e. The third-order valence-corrected chi connectivity index (χ3v) is 4.23. The summed E-state index contributed by atoms with van der Waals surface area (Å²) >= 11 is 0. The number of carboxylic acid groups (broad SMARTS) is 1. The number of pyridine rings is 1. The molecule has 1 aliphatic rings. The zero-order valence-electron chi connectivity index (χ0n) is 14.9. The molecule has 2 unspecified atom stereocenters. The molecule has 2 atom stereocenters. The zero-order valence-corrected chi connectivity index (χ0v) is 14.9. The number of carboxylic acids is 1. The monoisotopic (exact) mass is 385 g/mol. The number of nitro benzene ring substituents is 1. The topological polar surface area (TPSA) is 156 Å². The molecule has 0 radical (unpaired) electrons. The Kier molecular flexibility index (Phi) is 4.82. The van der Waals surface area contributed by atoms with Crippen molar-refractivity contribution in [3.8, 4) is 17.2 Å². The molecule has 1 aromatic heterocycles. The number of aliphatic hydroxyl groups is 1. The number of hydrogen-bond donors (Lipinski definition) is 2. The normalized spacial score (nSPS) is 21.3. The van der Waals surface area contributed by atoms with E-state index in [1.165, 1.54) is 25.1 Å². The summed E-state index contributed by atoms with van der Waals surface area (Å²) in [7, 11) is 0. The summed E-state index contributed by atoms with van der Waals surface area (Å²) in [5.74, 6) is -3.80. The minimum atomic E-state index is -2.31. The van der Waals surface area contributed by atoms with E-state index in [9.17, 15) is 30.4 Å². The van der Waals surface area contributed by atoms with Crippen LogP contribution in [-0.4, -0.2) is 38.8 Å². The second-order valence-corrected chi connectivity index (χ2v) is 6.22. The maximum atomic E-state index is 12.0. The van der Waals surface area contributed by atoms with E-state index in [1.54, 1.807) is 13.0 Å². The van der Waals surface area contributed by atoms with Gasteiger partial charge < -0.3 is 19.7 Å². The van der Waals surface area contributed by atoms with Crippen LogP contribution in [0.25, 0.3) is 11.1 Å². The van der Waals surface area contributed by atoms with E-state index >= 15 is 0 Å². The first-order valence-corrected chi connectivity index (χ1v) is 8.15. The number of benzene rings is 1. The summed E-state index contributed by atoms with van der Waals surface area (Å²) in [6, 6.07) is 6.90. The number of aromatic carboxylic acids is 1. The third kappa shape index (κ3) is 3.18. The molecule has 2 N–H and O–H groups in total. The van der Waals surface area contributed by atoms with Crippen LogP contribution in [-0.2, 0) is 15.4 Å². The van der Waals surface area contributed by atoms with Gasteiger partial charge in [-0.1, -0.05) is 12.1 Å². The Balaban J connectivity index is 2.43. The van der Waals surface area contributed by atoms with Crippen molar-refractivity contribution in [3.05, 3.63) is 56.9 Å². The number of rotatable bonds is 4. The summed E-state index contributed by atoms with van der Waals surface area (Å²) in [5.41, 5.74) is -1.25. The molecular formula is C18H15N3O7. The molecule has 10 nitrogen and oxygen atoms in total. The molecule has 1 fully saturated rings. The standard InChI is InChI=1S/C18H15N3O7/c1-9-8-27-18(24,28-9)16-10(2)20-13(7-19)15(17(22)23)14(16)11-4-3-5-12(6-11)21(25)26/h3-6,9,24H,8H2,1-2H3,(H,22,23). The highest BCUT2D eigenvalue weighted by Crippen LogP contribution is 2.42. The van der Waals surface area contributed by atoms with Gasteiger partial charge in [-0.05, 0) is 19.4 Å². The van der Waals surface area contributed by atoms with Crippen molar-refractivity contribution in [2.75, 3.05) is 6.61 Å². The van der Waals surface area contributed by atoms with Gasteiger partial charge >= 0.3 is 11.9 Å². The molecule has 3 rings (SSSR count). The van der Waals surface area contributed by atoms with Crippen molar-refractivity contribution in [1.29, 1.82) is 5.26 Å². The van der Waals surface area contributed by atoms with E-state index < -0.39 is 34.2 Å². The number of nitrogens with zero attached hydrogens (tertiary/aromatic N) is 3. The molecule has 144 valence electrons. The number of nitro groups is 1. The van der Waals surface area contributed by atoms with Gasteiger partial charge in [0.25, 0.3) is 5.69 Å². The molecule has 0 amide bonds. The lowest BCUT2D eigenvalue weighted by Gasteiger charge is -2.26. The number of non-ortho nitro benzene ring substituents is 1. The van der Waals surface area contributed by atoms with Crippen LogP contribution >= 0.6 is 0 Å². The van der Waals surface area contributed by atoms with Crippen LogP contribution in [0, 0.1) is 28.4 Å². The maximum absolute atomic E-state index is 12.0. The predicted octanol–water partition coefficient (Wildman–Crippen LogP) is 2.07. The van der Waals surface area contributed by atoms with Crippen LogP contribution in [0.4, 0.5) is 5.69 Å². The van der Waals surface area contributed by atoms with Crippen LogP contribution in [0.15, 0.2) is 24.3 Å². The molecule has 28 heavy (non-hydrogen) atoms. The summed E-state index contributed by atoms with van der Waals surface area (Å²) in [4.78, 5) is 26.5. The van der Waals surface area contributed by atoms with E-state index in [-0.39, 0.29) is 34.7 Å². The lowest BCUT2D eigenvalue weighted by atomic mass is 9.91. The van der Waals surface area contributed by atoms with E-state index in [4.69, 9.17) is 9.47 Å². The third-order valence-electron chi connectivity index (χ3n) is 4.23. The summed E-state index contributed by atoms with van der Waals surface area (Å²) in [6.45, 7) is 3.14. The number of hydrogen-bond acceptors (Lipinski definition) is 8.